The maximum Gasteiger partial charge on any atom is 0.202 e. The van der Waals surface area contributed by atoms with E-state index in [0.717, 1.165) is 48.8 Å². The van der Waals surface area contributed by atoms with E-state index in [-0.39, 0.29) is 27.1 Å². The van der Waals surface area contributed by atoms with Gasteiger partial charge in [-0.05, 0) is 87.1 Å². The van der Waals surface area contributed by atoms with Crippen LogP contribution in [0, 0.1) is 25.1 Å². The number of aldehydes is 1. The third kappa shape index (κ3) is 6.10. The molecular weight excluding hydrogens is 617 g/mol. The lowest BCUT2D eigenvalue weighted by Gasteiger charge is -2.38. The summed E-state index contributed by atoms with van der Waals surface area (Å²) in [6, 6.07) is 19.0. The molecule has 242 valence electrons. The first-order chi connectivity index (χ1) is 22.4. The van der Waals surface area contributed by atoms with Crippen molar-refractivity contribution in [3.8, 4) is 17.0 Å². The summed E-state index contributed by atoms with van der Waals surface area (Å²) in [6.07, 6.45) is 2.37. The van der Waals surface area contributed by atoms with Gasteiger partial charge in [0.05, 0.1) is 33.9 Å². The summed E-state index contributed by atoms with van der Waals surface area (Å²) in [6.45, 7) is 11.9. The van der Waals surface area contributed by atoms with Crippen molar-refractivity contribution in [2.75, 3.05) is 22.9 Å². The summed E-state index contributed by atoms with van der Waals surface area (Å²) in [5.41, 5.74) is 4.66. The molecule has 0 bridgehead atoms. The Balaban J connectivity index is 1.58. The van der Waals surface area contributed by atoms with Gasteiger partial charge >= 0.3 is 0 Å². The van der Waals surface area contributed by atoms with Crippen LogP contribution in [0.1, 0.15) is 66.7 Å². The zero-order valence-corrected chi connectivity index (χ0v) is 27.9. The molecule has 0 unspecified atom stereocenters. The summed E-state index contributed by atoms with van der Waals surface area (Å²) in [4.78, 5) is 34.5. The van der Waals surface area contributed by atoms with E-state index in [2.05, 4.69) is 23.7 Å². The first kappa shape index (κ1) is 32.3. The van der Waals surface area contributed by atoms with Crippen molar-refractivity contribution in [1.82, 2.24) is 4.98 Å². The number of carbonyl (C=O) groups excluding carboxylic acids is 1. The number of anilines is 3. The molecule has 3 heterocycles. The van der Waals surface area contributed by atoms with E-state index in [1.165, 1.54) is 6.07 Å². The number of carbonyl (C=O) groups is 1. The molecule has 6 rings (SSSR count). The van der Waals surface area contributed by atoms with Gasteiger partial charge < -0.3 is 19.3 Å². The summed E-state index contributed by atoms with van der Waals surface area (Å²) in [7, 11) is 0. The molecule has 2 aromatic heterocycles. The molecule has 9 heteroatoms. The van der Waals surface area contributed by atoms with E-state index < -0.39 is 17.6 Å². The first-order valence-corrected chi connectivity index (χ1v) is 16.1. The van der Waals surface area contributed by atoms with Crippen LogP contribution in [-0.2, 0) is 0 Å². The molecule has 5 aromatic rings. The fourth-order valence-electron chi connectivity index (χ4n) is 6.46. The number of halogens is 2. The number of aromatic nitrogens is 1. The number of hydrogen-bond donors (Lipinski definition) is 1. The molecule has 1 aliphatic heterocycles. The monoisotopic (exact) mass is 653 g/mol. The lowest BCUT2D eigenvalue weighted by Crippen LogP contribution is -2.38. The van der Waals surface area contributed by atoms with Crippen molar-refractivity contribution in [1.29, 1.82) is 0 Å². The van der Waals surface area contributed by atoms with Crippen molar-refractivity contribution >= 4 is 46.1 Å². The van der Waals surface area contributed by atoms with Gasteiger partial charge in [0.25, 0.3) is 0 Å². The second-order valence-corrected chi connectivity index (χ2v) is 13.5. The predicted octanol–water partition coefficient (Wildman–Crippen LogP) is 9.31. The van der Waals surface area contributed by atoms with Crippen molar-refractivity contribution in [3.63, 3.8) is 0 Å². The number of nitrogens with zero attached hydrogens (tertiary/aromatic N) is 3. The molecule has 1 fully saturated rings. The maximum atomic E-state index is 14.9. The molecule has 3 aromatic carbocycles. The Labute approximate surface area is 278 Å². The molecule has 7 nitrogen and oxygen atoms in total. The highest BCUT2D eigenvalue weighted by molar-refractivity contribution is 6.29. The Bertz CT molecular complexity index is 2050. The van der Waals surface area contributed by atoms with Crippen LogP contribution in [0.2, 0.25) is 5.15 Å². The maximum absolute atomic E-state index is 14.9. The van der Waals surface area contributed by atoms with Crippen LogP contribution in [0.4, 0.5) is 21.6 Å². The number of hydrogen-bond acceptors (Lipinski definition) is 7. The number of para-hydroxylation sites is 1. The summed E-state index contributed by atoms with van der Waals surface area (Å²) >= 11 is 6.40. The third-order valence-electron chi connectivity index (χ3n) is 9.24. The van der Waals surface area contributed by atoms with E-state index in [1.807, 2.05) is 68.1 Å². The Morgan fingerprint density at radius 1 is 1.06 bits per heavy atom. The van der Waals surface area contributed by atoms with Gasteiger partial charge in [-0.25, -0.2) is 9.37 Å². The van der Waals surface area contributed by atoms with Gasteiger partial charge in [-0.15, -0.1) is 0 Å². The zero-order valence-electron chi connectivity index (χ0n) is 27.1. The fourth-order valence-corrected chi connectivity index (χ4v) is 6.61. The highest BCUT2D eigenvalue weighted by Crippen LogP contribution is 2.44. The van der Waals surface area contributed by atoms with Crippen LogP contribution in [0.25, 0.3) is 22.2 Å². The summed E-state index contributed by atoms with van der Waals surface area (Å²) in [5.74, 6) is -1.09. The molecule has 47 heavy (non-hydrogen) atoms. The van der Waals surface area contributed by atoms with Gasteiger partial charge in [-0.1, -0.05) is 49.7 Å². The topological polar surface area (TPSA) is 86.9 Å². The molecule has 0 amide bonds. The smallest absolute Gasteiger partial charge is 0.202 e. The highest BCUT2D eigenvalue weighted by Gasteiger charge is 2.30. The zero-order chi connectivity index (χ0) is 33.6. The first-order valence-electron chi connectivity index (χ1n) is 15.7. The minimum Gasteiger partial charge on any atom is -0.504 e. The van der Waals surface area contributed by atoms with E-state index in [4.69, 9.17) is 16.0 Å². The summed E-state index contributed by atoms with van der Waals surface area (Å²) in [5, 5.41) is 10.8. The van der Waals surface area contributed by atoms with Crippen molar-refractivity contribution in [2.45, 2.75) is 53.5 Å². The number of aromatic hydroxyl groups is 1. The Morgan fingerprint density at radius 3 is 2.45 bits per heavy atom. The predicted molar refractivity (Wildman–Crippen MR) is 186 cm³/mol. The van der Waals surface area contributed by atoms with Crippen LogP contribution in [0.5, 0.6) is 5.75 Å². The summed E-state index contributed by atoms with van der Waals surface area (Å²) < 4.78 is 21.6. The van der Waals surface area contributed by atoms with Gasteiger partial charge in [0.15, 0.2) is 23.3 Å². The molecule has 0 spiro atoms. The molecule has 1 atom stereocenters. The van der Waals surface area contributed by atoms with Crippen LogP contribution < -0.4 is 15.2 Å². The van der Waals surface area contributed by atoms with Crippen molar-refractivity contribution < 1.29 is 18.7 Å². The molecule has 1 saturated heterocycles. The Kier molecular flexibility index (Phi) is 8.57. The van der Waals surface area contributed by atoms with Crippen LogP contribution in [0.15, 0.2) is 75.9 Å². The molecule has 1 N–H and O–H groups in total. The quantitative estimate of drug-likeness (QED) is 0.138. The van der Waals surface area contributed by atoms with E-state index >= 15 is 0 Å². The lowest BCUT2D eigenvalue weighted by molar-refractivity contribution is 0.112. The van der Waals surface area contributed by atoms with Gasteiger partial charge in [-0.2, -0.15) is 0 Å². The second kappa shape index (κ2) is 12.5. The Hall–Kier alpha value is -4.69. The van der Waals surface area contributed by atoms with Gasteiger partial charge in [0, 0.05) is 29.9 Å². The minimum absolute atomic E-state index is 0.0655. The number of phenolic OH excluding ortho intramolecular Hbond substituents is 1. The van der Waals surface area contributed by atoms with Crippen molar-refractivity contribution in [3.05, 3.63) is 110 Å². The molecule has 0 saturated carbocycles. The molecule has 0 aliphatic carbocycles. The van der Waals surface area contributed by atoms with Crippen molar-refractivity contribution in [2.24, 2.45) is 5.41 Å². The van der Waals surface area contributed by atoms with Gasteiger partial charge in [-0.3, -0.25) is 9.59 Å². The largest absolute Gasteiger partial charge is 0.504 e. The minimum atomic E-state index is -0.952. The van der Waals surface area contributed by atoms with Gasteiger partial charge in [0.1, 0.15) is 10.7 Å². The highest BCUT2D eigenvalue weighted by atomic mass is 35.5. The Morgan fingerprint density at radius 2 is 1.77 bits per heavy atom. The molecular formula is C38H37ClFN3O4. The van der Waals surface area contributed by atoms with Crippen LogP contribution in [-0.4, -0.2) is 29.5 Å². The number of piperidine rings is 1. The van der Waals surface area contributed by atoms with E-state index in [0.29, 0.717) is 40.1 Å². The van der Waals surface area contributed by atoms with E-state index in [9.17, 15) is 19.1 Å². The van der Waals surface area contributed by atoms with Gasteiger partial charge in [0.2, 0.25) is 5.88 Å². The molecule has 1 aliphatic rings. The average Bonchev–Trinajstić information content (AvgIpc) is 3.05. The third-order valence-corrected chi connectivity index (χ3v) is 9.45. The number of benzene rings is 3. The van der Waals surface area contributed by atoms with Crippen LogP contribution >= 0.6 is 11.6 Å². The normalized spacial score (nSPS) is 15.1. The number of aryl methyl sites for hydroxylation is 1. The molecule has 0 radical (unpaired) electrons. The number of rotatable bonds is 7. The fraction of sp³-hybridized carbons (Fsp3) is 0.289. The SMILES string of the molecule is Cc1cc([C@@H](C)N(c2ccccc2)c2ccc(Cl)nc2-c2cc(F)c(O)c(C=O)c2)c2oc(N3CCC(C)(C)CC3)c(C)c(=O)c2c1. The lowest BCUT2D eigenvalue weighted by atomic mass is 9.82. The number of phenols is 1. The van der Waals surface area contributed by atoms with Crippen LogP contribution in [0.3, 0.4) is 0 Å². The number of pyridine rings is 1. The standard InChI is InChI=1S/C38H37ClFN3O4/c1-22-17-28(36-29(18-22)34(45)23(2)37(47-36)42-15-13-38(4,5)14-16-42)24(3)43(27-9-7-6-8-10-27)31-11-12-32(39)41-33(31)25-19-26(21-44)35(46)30(40)20-25/h6-12,17-21,24,46H,13-16H2,1-5H3/t24-/m1/s1. The van der Waals surface area contributed by atoms with E-state index in [1.54, 1.807) is 12.1 Å². The second-order valence-electron chi connectivity index (χ2n) is 13.1. The number of fused-ring (bicyclic) bond motifs is 1. The average molecular weight is 654 g/mol.